The van der Waals surface area contributed by atoms with Crippen LogP contribution >= 0.6 is 11.8 Å². The fourth-order valence-electron chi connectivity index (χ4n) is 0.585. The van der Waals surface area contributed by atoms with Gasteiger partial charge in [0.25, 0.3) is 0 Å². The monoisotopic (exact) mass is 118 g/mol. The molecule has 1 aliphatic heterocycles. The molecule has 42 valence electrons. The molecule has 0 amide bonds. The first-order valence-corrected chi connectivity index (χ1v) is 3.81. The quantitative estimate of drug-likeness (QED) is 0.476. The fourth-order valence-corrected chi connectivity index (χ4v) is 1.35. The lowest BCUT2D eigenvalue weighted by Gasteiger charge is -1.91. The van der Waals surface area contributed by atoms with E-state index in [9.17, 15) is 0 Å². The molecule has 1 rings (SSSR count). The lowest BCUT2D eigenvalue weighted by atomic mass is 10.4. The average molecular weight is 118 g/mol. The van der Waals surface area contributed by atoms with Crippen LogP contribution in [0.1, 0.15) is 12.8 Å². The van der Waals surface area contributed by atoms with Crippen LogP contribution in [-0.4, -0.2) is 18.3 Å². The molecule has 1 saturated heterocycles. The summed E-state index contributed by atoms with van der Waals surface area (Å²) in [6, 6.07) is 0. The highest BCUT2D eigenvalue weighted by Gasteiger charge is 1.95. The molecule has 0 aromatic carbocycles. The van der Waals surface area contributed by atoms with E-state index >= 15 is 0 Å². The van der Waals surface area contributed by atoms with Crippen molar-refractivity contribution in [1.29, 1.82) is 0 Å². The summed E-state index contributed by atoms with van der Waals surface area (Å²) in [5.74, 6) is 2.21. The van der Waals surface area contributed by atoms with E-state index in [1.807, 2.05) is 11.8 Å². The van der Waals surface area contributed by atoms with E-state index in [-0.39, 0.29) is 0 Å². The highest BCUT2D eigenvalue weighted by molar-refractivity contribution is 7.99. The Kier molecular flexibility index (Phi) is 2.59. The predicted molar refractivity (Wildman–Crippen MR) is 32.5 cm³/mol. The maximum Gasteiger partial charge on any atom is 0.0920 e. The van der Waals surface area contributed by atoms with Crippen molar-refractivity contribution in [2.45, 2.75) is 12.8 Å². The SMILES string of the molecule is C1CCSCOC1. The molecule has 0 unspecified atom stereocenters. The van der Waals surface area contributed by atoms with Crippen molar-refractivity contribution in [2.24, 2.45) is 0 Å². The average Bonchev–Trinajstić information content (AvgIpc) is 1.90. The zero-order valence-corrected chi connectivity index (χ0v) is 5.17. The summed E-state index contributed by atoms with van der Waals surface area (Å²) in [6.07, 6.45) is 2.59. The molecule has 0 aliphatic carbocycles. The molecule has 0 saturated carbocycles. The van der Waals surface area contributed by atoms with Crippen LogP contribution in [0, 0.1) is 0 Å². The van der Waals surface area contributed by atoms with Crippen LogP contribution in [0.15, 0.2) is 0 Å². The summed E-state index contributed by atoms with van der Waals surface area (Å²) in [7, 11) is 0. The van der Waals surface area contributed by atoms with E-state index in [4.69, 9.17) is 4.74 Å². The van der Waals surface area contributed by atoms with Gasteiger partial charge in [0, 0.05) is 6.61 Å². The van der Waals surface area contributed by atoms with Gasteiger partial charge >= 0.3 is 0 Å². The number of thioether (sulfide) groups is 1. The number of rotatable bonds is 0. The van der Waals surface area contributed by atoms with Crippen molar-refractivity contribution in [2.75, 3.05) is 18.3 Å². The molecule has 1 heterocycles. The standard InChI is InChI=1S/C5H10OS/c1-2-4-7-5-6-3-1/h1-5H2. The Morgan fingerprint density at radius 2 is 2.29 bits per heavy atom. The third-order valence-electron chi connectivity index (χ3n) is 0.994. The summed E-state index contributed by atoms with van der Waals surface area (Å²) < 4.78 is 5.16. The molecule has 1 nitrogen and oxygen atoms in total. The molecule has 0 aromatic heterocycles. The topological polar surface area (TPSA) is 9.23 Å². The second-order valence-electron chi connectivity index (χ2n) is 1.64. The summed E-state index contributed by atoms with van der Waals surface area (Å²) in [5, 5.41) is 0. The minimum Gasteiger partial charge on any atom is -0.371 e. The maximum absolute atomic E-state index is 5.16. The Bertz CT molecular complexity index is 27.7. The maximum atomic E-state index is 5.16. The second-order valence-corrected chi connectivity index (χ2v) is 2.69. The zero-order chi connectivity index (χ0) is 4.95. The summed E-state index contributed by atoms with van der Waals surface area (Å²) in [4.78, 5) is 0. The molecule has 0 atom stereocenters. The lowest BCUT2D eigenvalue weighted by Crippen LogP contribution is -1.86. The van der Waals surface area contributed by atoms with Crippen molar-refractivity contribution in [1.82, 2.24) is 0 Å². The summed E-state index contributed by atoms with van der Waals surface area (Å²) in [6.45, 7) is 0.979. The van der Waals surface area contributed by atoms with Gasteiger partial charge in [-0.1, -0.05) is 0 Å². The van der Waals surface area contributed by atoms with Crippen LogP contribution in [0.2, 0.25) is 0 Å². The highest BCUT2D eigenvalue weighted by Crippen LogP contribution is 2.09. The van der Waals surface area contributed by atoms with Crippen molar-refractivity contribution in [3.63, 3.8) is 0 Å². The third-order valence-corrected chi connectivity index (χ3v) is 1.90. The molecule has 0 spiro atoms. The number of hydrogen-bond donors (Lipinski definition) is 0. The molecule has 0 bridgehead atoms. The van der Waals surface area contributed by atoms with E-state index in [0.29, 0.717) is 0 Å². The fraction of sp³-hybridized carbons (Fsp3) is 1.00. The second kappa shape index (κ2) is 3.33. The van der Waals surface area contributed by atoms with Crippen LogP contribution in [0.5, 0.6) is 0 Å². The Balaban J connectivity index is 2.04. The Hall–Kier alpha value is 0.310. The number of hydrogen-bond acceptors (Lipinski definition) is 2. The van der Waals surface area contributed by atoms with Crippen molar-refractivity contribution in [3.8, 4) is 0 Å². The number of ether oxygens (including phenoxy) is 1. The van der Waals surface area contributed by atoms with Gasteiger partial charge < -0.3 is 4.74 Å². The van der Waals surface area contributed by atoms with Gasteiger partial charge in [0.05, 0.1) is 5.94 Å². The van der Waals surface area contributed by atoms with Crippen molar-refractivity contribution >= 4 is 11.8 Å². The third kappa shape index (κ3) is 2.19. The van der Waals surface area contributed by atoms with Crippen molar-refractivity contribution in [3.05, 3.63) is 0 Å². The van der Waals surface area contributed by atoms with Gasteiger partial charge in [-0.3, -0.25) is 0 Å². The van der Waals surface area contributed by atoms with Crippen LogP contribution in [0.4, 0.5) is 0 Å². The molecular weight excluding hydrogens is 108 g/mol. The van der Waals surface area contributed by atoms with Crippen LogP contribution in [0.25, 0.3) is 0 Å². The molecule has 1 fully saturated rings. The van der Waals surface area contributed by atoms with Crippen molar-refractivity contribution < 1.29 is 4.74 Å². The predicted octanol–water partition coefficient (Wildman–Crippen LogP) is 1.49. The molecule has 0 aromatic rings. The normalized spacial score (nSPS) is 24.0. The summed E-state index contributed by atoms with van der Waals surface area (Å²) in [5.41, 5.74) is 0. The first-order valence-electron chi connectivity index (χ1n) is 2.65. The van der Waals surface area contributed by atoms with Gasteiger partial charge in [-0.2, -0.15) is 0 Å². The highest BCUT2D eigenvalue weighted by atomic mass is 32.2. The first kappa shape index (κ1) is 5.45. The largest absolute Gasteiger partial charge is 0.371 e. The summed E-state index contributed by atoms with van der Waals surface area (Å²) >= 11 is 1.89. The van der Waals surface area contributed by atoms with E-state index in [1.165, 1.54) is 18.6 Å². The van der Waals surface area contributed by atoms with Gasteiger partial charge in [0.15, 0.2) is 0 Å². The van der Waals surface area contributed by atoms with E-state index in [2.05, 4.69) is 0 Å². The van der Waals surface area contributed by atoms with Gasteiger partial charge in [-0.05, 0) is 18.6 Å². The molecule has 0 radical (unpaired) electrons. The van der Waals surface area contributed by atoms with Gasteiger partial charge in [0.2, 0.25) is 0 Å². The molecule has 0 N–H and O–H groups in total. The molecular formula is C5H10OS. The minimum atomic E-state index is 0.917. The molecule has 1 aliphatic rings. The smallest absolute Gasteiger partial charge is 0.0920 e. The van der Waals surface area contributed by atoms with E-state index in [1.54, 1.807) is 0 Å². The molecule has 7 heavy (non-hydrogen) atoms. The Morgan fingerprint density at radius 3 is 3.29 bits per heavy atom. The van der Waals surface area contributed by atoms with Gasteiger partial charge in [-0.15, -0.1) is 11.8 Å². The van der Waals surface area contributed by atoms with E-state index < -0.39 is 0 Å². The Labute approximate surface area is 48.4 Å². The minimum absolute atomic E-state index is 0.917. The van der Waals surface area contributed by atoms with Crippen LogP contribution < -0.4 is 0 Å². The molecule has 2 heteroatoms. The lowest BCUT2D eigenvalue weighted by molar-refractivity contribution is 0.183. The van der Waals surface area contributed by atoms with Crippen LogP contribution in [0.3, 0.4) is 0 Å². The van der Waals surface area contributed by atoms with Crippen LogP contribution in [-0.2, 0) is 4.74 Å². The first-order chi connectivity index (χ1) is 3.50. The zero-order valence-electron chi connectivity index (χ0n) is 4.35. The van der Waals surface area contributed by atoms with Gasteiger partial charge in [0.1, 0.15) is 0 Å². The van der Waals surface area contributed by atoms with Gasteiger partial charge in [-0.25, -0.2) is 0 Å². The Morgan fingerprint density at radius 1 is 1.29 bits per heavy atom. The van der Waals surface area contributed by atoms with E-state index in [0.717, 1.165) is 12.5 Å².